The third kappa shape index (κ3) is 1.81. The Morgan fingerprint density at radius 2 is 2.45 bits per heavy atom. The molecule has 4 nitrogen and oxygen atoms in total. The third-order valence-electron chi connectivity index (χ3n) is 1.27. The summed E-state index contributed by atoms with van der Waals surface area (Å²) in [5.41, 5.74) is 5.79. The summed E-state index contributed by atoms with van der Waals surface area (Å²) >= 11 is 3.17. The largest absolute Gasteiger partial charge is 0.480 e. The number of aromatic amines is 1. The molecule has 0 spiro atoms. The van der Waals surface area contributed by atoms with Crippen LogP contribution in [0.4, 0.5) is 0 Å². The zero-order chi connectivity index (χ0) is 8.43. The minimum Gasteiger partial charge on any atom is -0.480 e. The predicted octanol–water partition coefficient (Wildman–Crippen LogP) is 0.862. The van der Waals surface area contributed by atoms with E-state index in [9.17, 15) is 4.79 Å². The van der Waals surface area contributed by atoms with Crippen LogP contribution in [0.1, 0.15) is 11.7 Å². The second kappa shape index (κ2) is 3.06. The molecule has 0 aliphatic heterocycles. The maximum Gasteiger partial charge on any atom is 0.326 e. The summed E-state index contributed by atoms with van der Waals surface area (Å²) in [5, 5.41) is 8.48. The lowest BCUT2D eigenvalue weighted by Gasteiger charge is -2.01. The van der Waals surface area contributed by atoms with Crippen molar-refractivity contribution in [2.75, 3.05) is 0 Å². The van der Waals surface area contributed by atoms with Crippen LogP contribution in [0.3, 0.4) is 0 Å². The fourth-order valence-electron chi connectivity index (χ4n) is 0.697. The van der Waals surface area contributed by atoms with Crippen LogP contribution >= 0.6 is 15.9 Å². The van der Waals surface area contributed by atoms with Crippen LogP contribution in [0.5, 0.6) is 0 Å². The number of carboxylic acids is 1. The molecule has 4 N–H and O–H groups in total. The van der Waals surface area contributed by atoms with Crippen molar-refractivity contribution in [3.8, 4) is 0 Å². The summed E-state index contributed by atoms with van der Waals surface area (Å²) in [6.07, 6.45) is 1.64. The SMILES string of the molecule is NC(C(=O)O)c1cc(Br)c[nH]1. The molecule has 0 amide bonds. The van der Waals surface area contributed by atoms with Crippen molar-refractivity contribution < 1.29 is 9.90 Å². The lowest BCUT2D eigenvalue weighted by atomic mass is 10.2. The summed E-state index contributed by atoms with van der Waals surface area (Å²) < 4.78 is 0.796. The number of halogens is 1. The molecule has 60 valence electrons. The highest BCUT2D eigenvalue weighted by Crippen LogP contribution is 2.15. The molecule has 0 fully saturated rings. The van der Waals surface area contributed by atoms with Crippen LogP contribution in [-0.2, 0) is 4.79 Å². The molecule has 11 heavy (non-hydrogen) atoms. The average Bonchev–Trinajstić information content (AvgIpc) is 2.34. The van der Waals surface area contributed by atoms with E-state index in [4.69, 9.17) is 10.8 Å². The van der Waals surface area contributed by atoms with Gasteiger partial charge in [-0.25, -0.2) is 0 Å². The highest BCUT2D eigenvalue weighted by atomic mass is 79.9. The van der Waals surface area contributed by atoms with Gasteiger partial charge in [0.2, 0.25) is 0 Å². The van der Waals surface area contributed by atoms with Crippen LogP contribution in [0.25, 0.3) is 0 Å². The molecule has 1 heterocycles. The first kappa shape index (κ1) is 8.29. The number of rotatable bonds is 2. The summed E-state index contributed by atoms with van der Waals surface area (Å²) in [6.45, 7) is 0. The van der Waals surface area contributed by atoms with E-state index in [1.54, 1.807) is 12.3 Å². The Morgan fingerprint density at radius 1 is 1.82 bits per heavy atom. The van der Waals surface area contributed by atoms with Crippen LogP contribution in [0.2, 0.25) is 0 Å². The average molecular weight is 219 g/mol. The molecule has 5 heteroatoms. The van der Waals surface area contributed by atoms with Crippen molar-refractivity contribution >= 4 is 21.9 Å². The van der Waals surface area contributed by atoms with Crippen LogP contribution in [0, 0.1) is 0 Å². The normalized spacial score (nSPS) is 12.9. The Kier molecular flexibility index (Phi) is 2.31. The predicted molar refractivity (Wildman–Crippen MR) is 43.1 cm³/mol. The molecule has 0 aliphatic carbocycles. The van der Waals surface area contributed by atoms with E-state index in [-0.39, 0.29) is 0 Å². The quantitative estimate of drug-likeness (QED) is 0.690. The first-order valence-electron chi connectivity index (χ1n) is 2.93. The number of nitrogens with one attached hydrogen (secondary N) is 1. The van der Waals surface area contributed by atoms with Crippen LogP contribution in [0.15, 0.2) is 16.7 Å². The Morgan fingerprint density at radius 3 is 2.82 bits per heavy atom. The van der Waals surface area contributed by atoms with Crippen molar-refractivity contribution in [2.45, 2.75) is 6.04 Å². The Balaban J connectivity index is 2.84. The first-order valence-corrected chi connectivity index (χ1v) is 3.73. The Labute approximate surface area is 71.5 Å². The van der Waals surface area contributed by atoms with E-state index in [2.05, 4.69) is 20.9 Å². The number of hydrogen-bond donors (Lipinski definition) is 3. The smallest absolute Gasteiger partial charge is 0.326 e. The minimum absolute atomic E-state index is 0.490. The van der Waals surface area contributed by atoms with Crippen molar-refractivity contribution in [3.63, 3.8) is 0 Å². The van der Waals surface area contributed by atoms with Gasteiger partial charge in [0.05, 0.1) is 0 Å². The van der Waals surface area contributed by atoms with E-state index >= 15 is 0 Å². The molecule has 1 aromatic rings. The molecule has 0 saturated heterocycles. The highest BCUT2D eigenvalue weighted by Gasteiger charge is 2.14. The number of aliphatic carboxylic acids is 1. The van der Waals surface area contributed by atoms with E-state index in [1.165, 1.54) is 0 Å². The van der Waals surface area contributed by atoms with Gasteiger partial charge in [0, 0.05) is 16.4 Å². The second-order valence-corrected chi connectivity index (χ2v) is 3.00. The molecule has 0 saturated carbocycles. The lowest BCUT2D eigenvalue weighted by molar-refractivity contribution is -0.138. The van der Waals surface area contributed by atoms with Gasteiger partial charge in [-0.15, -0.1) is 0 Å². The summed E-state index contributed by atoms with van der Waals surface area (Å²) in [4.78, 5) is 13.1. The molecule has 0 aromatic carbocycles. The fourth-order valence-corrected chi connectivity index (χ4v) is 1.06. The molecule has 0 aliphatic rings. The van der Waals surface area contributed by atoms with Gasteiger partial charge in [0.1, 0.15) is 6.04 Å². The Hall–Kier alpha value is -0.810. The number of hydrogen-bond acceptors (Lipinski definition) is 2. The van der Waals surface area contributed by atoms with Crippen molar-refractivity contribution in [1.82, 2.24) is 4.98 Å². The topological polar surface area (TPSA) is 79.1 Å². The maximum atomic E-state index is 10.3. The number of carbonyl (C=O) groups is 1. The number of aromatic nitrogens is 1. The van der Waals surface area contributed by atoms with E-state index in [0.29, 0.717) is 5.69 Å². The zero-order valence-corrected chi connectivity index (χ0v) is 7.13. The fraction of sp³-hybridized carbons (Fsp3) is 0.167. The molecule has 1 atom stereocenters. The second-order valence-electron chi connectivity index (χ2n) is 2.09. The molecule has 0 radical (unpaired) electrons. The van der Waals surface area contributed by atoms with Crippen molar-refractivity contribution in [1.29, 1.82) is 0 Å². The minimum atomic E-state index is -1.04. The van der Waals surface area contributed by atoms with Crippen LogP contribution in [-0.4, -0.2) is 16.1 Å². The molecular formula is C6H7BrN2O2. The summed E-state index contributed by atoms with van der Waals surface area (Å²) in [7, 11) is 0. The Bertz CT molecular complexity index is 271. The van der Waals surface area contributed by atoms with Gasteiger partial charge in [-0.1, -0.05) is 0 Å². The van der Waals surface area contributed by atoms with Crippen molar-refractivity contribution in [2.24, 2.45) is 5.73 Å². The molecule has 0 bridgehead atoms. The molecule has 1 aromatic heterocycles. The molecule has 1 rings (SSSR count). The zero-order valence-electron chi connectivity index (χ0n) is 5.54. The van der Waals surface area contributed by atoms with Gasteiger partial charge in [-0.05, 0) is 22.0 Å². The van der Waals surface area contributed by atoms with E-state index in [1.807, 2.05) is 0 Å². The van der Waals surface area contributed by atoms with E-state index < -0.39 is 12.0 Å². The molecular weight excluding hydrogens is 212 g/mol. The van der Waals surface area contributed by atoms with Gasteiger partial charge in [0.15, 0.2) is 0 Å². The van der Waals surface area contributed by atoms with Gasteiger partial charge in [-0.2, -0.15) is 0 Å². The number of H-pyrrole nitrogens is 1. The first-order chi connectivity index (χ1) is 5.11. The van der Waals surface area contributed by atoms with Crippen LogP contribution < -0.4 is 5.73 Å². The monoisotopic (exact) mass is 218 g/mol. The third-order valence-corrected chi connectivity index (χ3v) is 1.73. The number of carboxylic acid groups (broad SMARTS) is 1. The van der Waals surface area contributed by atoms with E-state index in [0.717, 1.165) is 4.47 Å². The number of nitrogens with two attached hydrogens (primary N) is 1. The van der Waals surface area contributed by atoms with Gasteiger partial charge in [-0.3, -0.25) is 4.79 Å². The summed E-state index contributed by atoms with van der Waals surface area (Å²) in [6, 6.07) is 0.667. The van der Waals surface area contributed by atoms with Gasteiger partial charge in [0.25, 0.3) is 0 Å². The van der Waals surface area contributed by atoms with Gasteiger partial charge < -0.3 is 15.8 Å². The highest BCUT2D eigenvalue weighted by molar-refractivity contribution is 9.10. The van der Waals surface area contributed by atoms with Crippen molar-refractivity contribution in [3.05, 3.63) is 22.4 Å². The summed E-state index contributed by atoms with van der Waals surface area (Å²) in [5.74, 6) is -1.04. The van der Waals surface area contributed by atoms with Gasteiger partial charge >= 0.3 is 5.97 Å². The standard InChI is InChI=1S/C6H7BrN2O2/c7-3-1-4(9-2-3)5(8)6(10)11/h1-2,5,9H,8H2,(H,10,11). The molecule has 1 unspecified atom stereocenters. The maximum absolute atomic E-state index is 10.3. The lowest BCUT2D eigenvalue weighted by Crippen LogP contribution is -2.20.